The van der Waals surface area contributed by atoms with Crippen LogP contribution in [0.5, 0.6) is 17.2 Å². The van der Waals surface area contributed by atoms with Crippen LogP contribution >= 0.6 is 23.4 Å². The number of aromatic nitrogens is 3. The van der Waals surface area contributed by atoms with E-state index in [-0.39, 0.29) is 23.8 Å². The van der Waals surface area contributed by atoms with Crippen molar-refractivity contribution in [2.75, 3.05) is 5.43 Å². The Morgan fingerprint density at radius 1 is 1.03 bits per heavy atom. The van der Waals surface area contributed by atoms with Crippen molar-refractivity contribution in [2.24, 2.45) is 0 Å². The molecule has 2 aromatic heterocycles. The topological polar surface area (TPSA) is 134 Å². The van der Waals surface area contributed by atoms with Gasteiger partial charge in [-0.2, -0.15) is 0 Å². The fourth-order valence-corrected chi connectivity index (χ4v) is 3.74. The molecule has 0 spiro atoms. The molecule has 0 radical (unpaired) electrons. The Kier molecular flexibility index (Phi) is 6.24. The van der Waals surface area contributed by atoms with E-state index in [2.05, 4.69) is 15.6 Å². The van der Waals surface area contributed by atoms with E-state index >= 15 is 0 Å². The Labute approximate surface area is 190 Å². The first-order valence-corrected chi connectivity index (χ1v) is 10.7. The van der Waals surface area contributed by atoms with Crippen molar-refractivity contribution in [1.82, 2.24) is 14.9 Å². The van der Waals surface area contributed by atoms with Crippen molar-refractivity contribution >= 4 is 23.4 Å². The average Bonchev–Trinajstić information content (AvgIpc) is 3.17. The fraction of sp³-hybridized carbons (Fsp3) is 0.0952. The zero-order valence-electron chi connectivity index (χ0n) is 16.4. The number of phenols is 2. The minimum atomic E-state index is -0.531. The van der Waals surface area contributed by atoms with E-state index in [9.17, 15) is 20.1 Å². The van der Waals surface area contributed by atoms with Gasteiger partial charge in [0.15, 0.2) is 11.6 Å². The van der Waals surface area contributed by atoms with Crippen LogP contribution in [0.3, 0.4) is 0 Å². The molecule has 4 aromatic rings. The number of benzene rings is 2. The maximum Gasteiger partial charge on any atom is 0.226 e. The molecule has 0 saturated heterocycles. The Bertz CT molecular complexity index is 1310. The van der Waals surface area contributed by atoms with Gasteiger partial charge in [0.05, 0.1) is 12.3 Å². The smallest absolute Gasteiger partial charge is 0.226 e. The number of phenolic OH excluding ortho intramolecular Hbond substituents is 2. The van der Waals surface area contributed by atoms with Gasteiger partial charge in [-0.25, -0.2) is 4.68 Å². The van der Waals surface area contributed by atoms with Crippen molar-refractivity contribution in [3.8, 4) is 28.6 Å². The molecule has 2 aromatic carbocycles. The highest BCUT2D eigenvalue weighted by Gasteiger charge is 2.16. The summed E-state index contributed by atoms with van der Waals surface area (Å²) in [5.41, 5.74) is 3.95. The summed E-state index contributed by atoms with van der Waals surface area (Å²) in [5, 5.41) is 38.5. The first-order chi connectivity index (χ1) is 15.4. The molecule has 32 heavy (non-hydrogen) atoms. The van der Waals surface area contributed by atoms with Crippen LogP contribution in [0, 0.1) is 0 Å². The standard InChI is InChI=1S/C21H17ClN4O5S/c22-14-4-1-12(2-5-14)20-24-25-21(32-11-16-8-18(29)19(30)10-31-16)26(20)23-9-13-3-6-15(27)7-17(13)28/h1-8,10,23,27-28,30H,9,11H2. The molecule has 164 valence electrons. The second kappa shape index (κ2) is 9.25. The summed E-state index contributed by atoms with van der Waals surface area (Å²) in [7, 11) is 0. The van der Waals surface area contributed by atoms with E-state index in [0.717, 1.165) is 11.8 Å². The average molecular weight is 473 g/mol. The van der Waals surface area contributed by atoms with Crippen molar-refractivity contribution in [3.63, 3.8) is 0 Å². The SMILES string of the molecule is O=c1cc(CSc2nnc(-c3ccc(Cl)cc3)n2NCc2ccc(O)cc2O)occ1O. The van der Waals surface area contributed by atoms with Crippen LogP contribution in [0.15, 0.2) is 69.2 Å². The van der Waals surface area contributed by atoms with E-state index in [1.807, 2.05) is 0 Å². The third-order valence-corrected chi connectivity index (χ3v) is 5.65. The lowest BCUT2D eigenvalue weighted by Gasteiger charge is -2.14. The minimum absolute atomic E-state index is 0.0379. The summed E-state index contributed by atoms with van der Waals surface area (Å²) < 4.78 is 6.89. The quantitative estimate of drug-likeness (QED) is 0.297. The monoisotopic (exact) mass is 472 g/mol. The molecule has 0 atom stereocenters. The molecule has 0 unspecified atom stereocenters. The summed E-state index contributed by atoms with van der Waals surface area (Å²) >= 11 is 7.25. The predicted octanol–water partition coefficient (Wildman–Crippen LogP) is 3.70. The lowest BCUT2D eigenvalue weighted by molar-refractivity contribution is 0.419. The van der Waals surface area contributed by atoms with Crippen molar-refractivity contribution in [3.05, 3.63) is 81.4 Å². The van der Waals surface area contributed by atoms with E-state index in [1.54, 1.807) is 35.0 Å². The molecule has 2 heterocycles. The third-order valence-electron chi connectivity index (χ3n) is 4.44. The minimum Gasteiger partial charge on any atom is -0.508 e. The molecule has 0 aliphatic heterocycles. The summed E-state index contributed by atoms with van der Waals surface area (Å²) in [6.45, 7) is 0.215. The number of nitrogens with one attached hydrogen (secondary N) is 1. The summed E-state index contributed by atoms with van der Waals surface area (Å²) in [5.74, 6) is 0.580. The van der Waals surface area contributed by atoms with E-state index in [0.29, 0.717) is 27.3 Å². The van der Waals surface area contributed by atoms with Crippen LogP contribution in [-0.4, -0.2) is 30.2 Å². The van der Waals surface area contributed by atoms with E-state index in [1.165, 1.54) is 30.0 Å². The largest absolute Gasteiger partial charge is 0.508 e. The van der Waals surface area contributed by atoms with Crippen molar-refractivity contribution < 1.29 is 19.7 Å². The molecule has 0 aliphatic rings. The van der Waals surface area contributed by atoms with Gasteiger partial charge in [0.25, 0.3) is 0 Å². The Morgan fingerprint density at radius 2 is 1.81 bits per heavy atom. The number of hydrogen-bond acceptors (Lipinski definition) is 9. The second-order valence-corrected chi connectivity index (χ2v) is 8.06. The third kappa shape index (κ3) is 4.82. The van der Waals surface area contributed by atoms with Gasteiger partial charge in [-0.05, 0) is 36.4 Å². The number of hydrogen-bond donors (Lipinski definition) is 4. The van der Waals surface area contributed by atoms with E-state index < -0.39 is 11.2 Å². The lowest BCUT2D eigenvalue weighted by Crippen LogP contribution is -2.17. The molecule has 11 heteroatoms. The molecule has 4 rings (SSSR count). The fourth-order valence-electron chi connectivity index (χ4n) is 2.81. The highest BCUT2D eigenvalue weighted by atomic mass is 35.5. The summed E-state index contributed by atoms with van der Waals surface area (Å²) in [4.78, 5) is 11.6. The summed E-state index contributed by atoms with van der Waals surface area (Å²) in [6, 6.07) is 12.6. The van der Waals surface area contributed by atoms with Crippen LogP contribution in [0.25, 0.3) is 11.4 Å². The molecular formula is C21H17ClN4O5S. The van der Waals surface area contributed by atoms with E-state index in [4.69, 9.17) is 16.0 Å². The Hall–Kier alpha value is -3.63. The van der Waals surface area contributed by atoms with Crippen LogP contribution in [0.1, 0.15) is 11.3 Å². The van der Waals surface area contributed by atoms with Gasteiger partial charge in [0.1, 0.15) is 23.5 Å². The Morgan fingerprint density at radius 3 is 2.53 bits per heavy atom. The number of nitrogens with zero attached hydrogens (tertiary/aromatic N) is 3. The van der Waals surface area contributed by atoms with Gasteiger partial charge >= 0.3 is 0 Å². The Balaban J connectivity index is 1.62. The lowest BCUT2D eigenvalue weighted by atomic mass is 10.2. The number of thioether (sulfide) groups is 1. The highest BCUT2D eigenvalue weighted by molar-refractivity contribution is 7.98. The zero-order valence-corrected chi connectivity index (χ0v) is 18.0. The molecule has 0 aliphatic carbocycles. The van der Waals surface area contributed by atoms with Crippen molar-refractivity contribution in [1.29, 1.82) is 0 Å². The maximum atomic E-state index is 11.6. The highest BCUT2D eigenvalue weighted by Crippen LogP contribution is 2.28. The molecule has 0 bridgehead atoms. The molecule has 0 saturated carbocycles. The number of aromatic hydroxyl groups is 3. The predicted molar refractivity (Wildman–Crippen MR) is 120 cm³/mol. The molecule has 0 amide bonds. The number of rotatable bonds is 7. The van der Waals surface area contributed by atoms with Crippen LogP contribution < -0.4 is 10.9 Å². The van der Waals surface area contributed by atoms with Crippen molar-refractivity contribution in [2.45, 2.75) is 17.5 Å². The van der Waals surface area contributed by atoms with Gasteiger partial charge in [-0.3, -0.25) is 4.79 Å². The molecule has 0 fully saturated rings. The molecule has 9 nitrogen and oxygen atoms in total. The van der Waals surface area contributed by atoms with Gasteiger partial charge in [0.2, 0.25) is 10.6 Å². The number of halogens is 1. The second-order valence-electron chi connectivity index (χ2n) is 6.68. The van der Waals surface area contributed by atoms with Gasteiger partial charge in [-0.15, -0.1) is 10.2 Å². The van der Waals surface area contributed by atoms with Gasteiger partial charge in [-0.1, -0.05) is 23.4 Å². The van der Waals surface area contributed by atoms with Gasteiger partial charge in [0, 0.05) is 28.3 Å². The first kappa shape index (κ1) is 21.6. The van der Waals surface area contributed by atoms with Crippen LogP contribution in [0.2, 0.25) is 5.02 Å². The maximum absolute atomic E-state index is 11.6. The van der Waals surface area contributed by atoms with Crippen LogP contribution in [0.4, 0.5) is 0 Å². The first-order valence-electron chi connectivity index (χ1n) is 9.30. The zero-order chi connectivity index (χ0) is 22.7. The normalized spacial score (nSPS) is 10.9. The van der Waals surface area contributed by atoms with Gasteiger partial charge < -0.3 is 25.2 Å². The summed E-state index contributed by atoms with van der Waals surface area (Å²) in [6.07, 6.45) is 0.994. The molecule has 4 N–H and O–H groups in total. The molecular weight excluding hydrogens is 456 g/mol. The van der Waals surface area contributed by atoms with Crippen LogP contribution in [-0.2, 0) is 12.3 Å².